The highest BCUT2D eigenvalue weighted by Gasteiger charge is 2.24. The fourth-order valence-electron chi connectivity index (χ4n) is 2.40. The van der Waals surface area contributed by atoms with E-state index in [0.29, 0.717) is 30.0 Å². The molecule has 2 heterocycles. The van der Waals surface area contributed by atoms with Crippen molar-refractivity contribution in [3.63, 3.8) is 0 Å². The van der Waals surface area contributed by atoms with Crippen LogP contribution in [0.5, 0.6) is 0 Å². The van der Waals surface area contributed by atoms with Crippen LogP contribution < -0.4 is 11.1 Å². The number of nitrogen functional groups attached to an aromatic ring is 1. The third-order valence-corrected chi connectivity index (χ3v) is 3.60. The predicted molar refractivity (Wildman–Crippen MR) is 75.8 cm³/mol. The number of rotatable bonds is 4. The van der Waals surface area contributed by atoms with Crippen molar-refractivity contribution in [3.8, 4) is 0 Å². The van der Waals surface area contributed by atoms with E-state index in [1.165, 1.54) is 0 Å². The average molecular weight is 262 g/mol. The van der Waals surface area contributed by atoms with Crippen molar-refractivity contribution in [2.24, 2.45) is 5.92 Å². The summed E-state index contributed by atoms with van der Waals surface area (Å²) < 4.78 is 0. The van der Waals surface area contributed by atoms with Crippen LogP contribution in [0.25, 0.3) is 0 Å². The van der Waals surface area contributed by atoms with E-state index in [1.807, 2.05) is 0 Å². The zero-order valence-corrected chi connectivity index (χ0v) is 11.6. The highest BCUT2D eigenvalue weighted by molar-refractivity contribution is 5.92. The molecule has 0 aromatic carbocycles. The number of anilines is 1. The van der Waals surface area contributed by atoms with Crippen LogP contribution in [-0.2, 0) is 0 Å². The molecule has 1 aliphatic rings. The Morgan fingerprint density at radius 2 is 2.37 bits per heavy atom. The van der Waals surface area contributed by atoms with Crippen molar-refractivity contribution in [2.45, 2.75) is 26.3 Å². The molecule has 2 rings (SSSR count). The third-order valence-electron chi connectivity index (χ3n) is 3.60. The normalized spacial score (nSPS) is 19.8. The molecule has 1 atom stereocenters. The zero-order valence-electron chi connectivity index (χ0n) is 11.6. The van der Waals surface area contributed by atoms with Gasteiger partial charge >= 0.3 is 0 Å². The number of nitrogens with zero attached hydrogens (tertiary/aromatic N) is 2. The Balaban J connectivity index is 1.82. The van der Waals surface area contributed by atoms with Crippen molar-refractivity contribution in [3.05, 3.63) is 23.9 Å². The van der Waals surface area contributed by atoms with Gasteiger partial charge in [0.05, 0.1) is 0 Å². The van der Waals surface area contributed by atoms with Crippen LogP contribution in [0.1, 0.15) is 30.8 Å². The number of hydrogen-bond acceptors (Lipinski definition) is 4. The first-order valence-corrected chi connectivity index (χ1v) is 6.81. The van der Waals surface area contributed by atoms with Crippen LogP contribution in [-0.4, -0.2) is 41.5 Å². The smallest absolute Gasteiger partial charge is 0.269 e. The number of carbonyl (C=O) groups excluding carboxylic acids is 1. The van der Waals surface area contributed by atoms with Gasteiger partial charge in [0.15, 0.2) is 0 Å². The molecule has 0 saturated carbocycles. The zero-order chi connectivity index (χ0) is 13.8. The topological polar surface area (TPSA) is 71.2 Å². The molecule has 1 amide bonds. The predicted octanol–water partition coefficient (Wildman–Crippen LogP) is 1.12. The largest absolute Gasteiger partial charge is 0.384 e. The van der Waals surface area contributed by atoms with Gasteiger partial charge in [-0.3, -0.25) is 4.79 Å². The molecule has 3 N–H and O–H groups in total. The summed E-state index contributed by atoms with van der Waals surface area (Å²) in [6.07, 6.45) is 1.14. The van der Waals surface area contributed by atoms with Gasteiger partial charge in [-0.05, 0) is 44.9 Å². The lowest BCUT2D eigenvalue weighted by molar-refractivity contribution is 0.0942. The molecule has 1 unspecified atom stereocenters. The van der Waals surface area contributed by atoms with Crippen LogP contribution in [0, 0.1) is 5.92 Å². The lowest BCUT2D eigenvalue weighted by Crippen LogP contribution is -2.33. The van der Waals surface area contributed by atoms with E-state index >= 15 is 0 Å². The second-order valence-corrected chi connectivity index (χ2v) is 5.40. The van der Waals surface area contributed by atoms with Crippen LogP contribution in [0.15, 0.2) is 18.2 Å². The summed E-state index contributed by atoms with van der Waals surface area (Å²) in [5.41, 5.74) is 5.96. The van der Waals surface area contributed by atoms with E-state index in [-0.39, 0.29) is 5.91 Å². The summed E-state index contributed by atoms with van der Waals surface area (Å²) in [6.45, 7) is 7.30. The van der Waals surface area contributed by atoms with Crippen LogP contribution in [0.2, 0.25) is 0 Å². The number of pyridine rings is 1. The number of carbonyl (C=O) groups is 1. The lowest BCUT2D eigenvalue weighted by Gasteiger charge is -2.20. The van der Waals surface area contributed by atoms with Gasteiger partial charge in [0, 0.05) is 19.1 Å². The van der Waals surface area contributed by atoms with Gasteiger partial charge in [0.1, 0.15) is 11.5 Å². The Bertz CT molecular complexity index is 447. The quantitative estimate of drug-likeness (QED) is 0.853. The second-order valence-electron chi connectivity index (χ2n) is 5.40. The first-order chi connectivity index (χ1) is 9.06. The van der Waals surface area contributed by atoms with Crippen molar-refractivity contribution >= 4 is 11.7 Å². The molecule has 5 nitrogen and oxygen atoms in total. The lowest BCUT2D eigenvalue weighted by atomic mass is 10.1. The minimum absolute atomic E-state index is 0.143. The highest BCUT2D eigenvalue weighted by Crippen LogP contribution is 2.17. The summed E-state index contributed by atoms with van der Waals surface area (Å²) in [4.78, 5) is 18.4. The van der Waals surface area contributed by atoms with E-state index < -0.39 is 0 Å². The number of nitrogens with two attached hydrogens (primary N) is 1. The number of amides is 1. The molecule has 1 aliphatic heterocycles. The molecule has 0 aliphatic carbocycles. The number of nitrogens with one attached hydrogen (secondary N) is 1. The molecule has 0 bridgehead atoms. The molecule has 1 aromatic heterocycles. The van der Waals surface area contributed by atoms with Crippen molar-refractivity contribution in [1.29, 1.82) is 0 Å². The molecule has 5 heteroatoms. The third kappa shape index (κ3) is 3.67. The monoisotopic (exact) mass is 262 g/mol. The van der Waals surface area contributed by atoms with Gasteiger partial charge in [-0.2, -0.15) is 0 Å². The van der Waals surface area contributed by atoms with Crippen LogP contribution >= 0.6 is 0 Å². The number of aromatic nitrogens is 1. The van der Waals surface area contributed by atoms with Gasteiger partial charge in [0.25, 0.3) is 5.91 Å². The molecule has 1 aromatic rings. The molecule has 104 valence electrons. The maximum Gasteiger partial charge on any atom is 0.269 e. The Kier molecular flexibility index (Phi) is 4.37. The average Bonchev–Trinajstić information content (AvgIpc) is 2.85. The standard InChI is InChI=1S/C14H22N4O/c1-10(2)18-7-6-11(9-18)8-16-14(19)12-4-3-5-13(15)17-12/h3-5,10-11H,6-9H2,1-2H3,(H2,15,17)(H,16,19). The fraction of sp³-hybridized carbons (Fsp3) is 0.571. The van der Waals surface area contributed by atoms with Gasteiger partial charge in [-0.1, -0.05) is 6.07 Å². The van der Waals surface area contributed by atoms with Crippen molar-refractivity contribution < 1.29 is 4.79 Å². The molecule has 19 heavy (non-hydrogen) atoms. The van der Waals surface area contributed by atoms with Gasteiger partial charge in [-0.25, -0.2) is 4.98 Å². The summed E-state index contributed by atoms with van der Waals surface area (Å²) in [7, 11) is 0. The van der Waals surface area contributed by atoms with E-state index in [9.17, 15) is 4.79 Å². The van der Waals surface area contributed by atoms with Gasteiger partial charge < -0.3 is 16.0 Å². The summed E-state index contributed by atoms with van der Waals surface area (Å²) in [5, 5.41) is 2.94. The Morgan fingerprint density at radius 1 is 1.58 bits per heavy atom. The first kappa shape index (κ1) is 13.8. The van der Waals surface area contributed by atoms with E-state index in [4.69, 9.17) is 5.73 Å². The molecule has 0 spiro atoms. The van der Waals surface area contributed by atoms with E-state index in [2.05, 4.69) is 29.0 Å². The van der Waals surface area contributed by atoms with E-state index in [0.717, 1.165) is 19.5 Å². The summed E-state index contributed by atoms with van der Waals surface area (Å²) >= 11 is 0. The maximum absolute atomic E-state index is 11.9. The Morgan fingerprint density at radius 3 is 3.00 bits per heavy atom. The van der Waals surface area contributed by atoms with E-state index in [1.54, 1.807) is 18.2 Å². The molecule has 1 fully saturated rings. The minimum atomic E-state index is -0.143. The van der Waals surface area contributed by atoms with Gasteiger partial charge in [0.2, 0.25) is 0 Å². The first-order valence-electron chi connectivity index (χ1n) is 6.81. The molecule has 1 saturated heterocycles. The van der Waals surface area contributed by atoms with Crippen LogP contribution in [0.4, 0.5) is 5.82 Å². The van der Waals surface area contributed by atoms with Gasteiger partial charge in [-0.15, -0.1) is 0 Å². The highest BCUT2D eigenvalue weighted by atomic mass is 16.1. The minimum Gasteiger partial charge on any atom is -0.384 e. The maximum atomic E-state index is 11.9. The fourth-order valence-corrected chi connectivity index (χ4v) is 2.40. The number of likely N-dealkylation sites (tertiary alicyclic amines) is 1. The van der Waals surface area contributed by atoms with Crippen molar-refractivity contribution in [2.75, 3.05) is 25.4 Å². The Hall–Kier alpha value is -1.62. The SMILES string of the molecule is CC(C)N1CCC(CNC(=O)c2cccc(N)n2)C1. The number of hydrogen-bond donors (Lipinski definition) is 2. The second kappa shape index (κ2) is 6.02. The summed E-state index contributed by atoms with van der Waals surface area (Å²) in [5.74, 6) is 0.766. The molecular formula is C14H22N4O. The van der Waals surface area contributed by atoms with Crippen LogP contribution in [0.3, 0.4) is 0 Å². The molecule has 0 radical (unpaired) electrons. The summed E-state index contributed by atoms with van der Waals surface area (Å²) in [6, 6.07) is 5.68. The molecular weight excluding hydrogens is 240 g/mol. The van der Waals surface area contributed by atoms with Crippen molar-refractivity contribution in [1.82, 2.24) is 15.2 Å². The Labute approximate surface area is 114 Å².